The maximum Gasteiger partial charge on any atom is 0.135 e. The Morgan fingerprint density at radius 3 is 2.77 bits per heavy atom. The number of hydrogen-bond donors (Lipinski definition) is 1. The molecular formula is C24H19N7. The third-order valence-electron chi connectivity index (χ3n) is 5.46. The van der Waals surface area contributed by atoms with E-state index >= 15 is 0 Å². The lowest BCUT2D eigenvalue weighted by atomic mass is 10.1. The predicted molar refractivity (Wildman–Crippen MR) is 117 cm³/mol. The molecule has 7 nitrogen and oxygen atoms in total. The summed E-state index contributed by atoms with van der Waals surface area (Å²) < 4.78 is 1.99. The van der Waals surface area contributed by atoms with Crippen molar-refractivity contribution in [2.75, 3.05) is 5.32 Å². The molecule has 1 aromatic carbocycles. The lowest BCUT2D eigenvalue weighted by Crippen LogP contribution is -2.01. The summed E-state index contributed by atoms with van der Waals surface area (Å²) in [7, 11) is 0. The molecule has 0 radical (unpaired) electrons. The van der Waals surface area contributed by atoms with Gasteiger partial charge >= 0.3 is 0 Å². The monoisotopic (exact) mass is 405 g/mol. The van der Waals surface area contributed by atoms with Crippen LogP contribution in [0.25, 0.3) is 22.3 Å². The first-order chi connectivity index (χ1) is 15.2. The van der Waals surface area contributed by atoms with E-state index in [1.807, 2.05) is 28.8 Å². The second kappa shape index (κ2) is 7.89. The Hall–Kier alpha value is -4.23. The first kappa shape index (κ1) is 18.8. The van der Waals surface area contributed by atoms with Gasteiger partial charge < -0.3 is 9.88 Å². The average Bonchev–Trinajstić information content (AvgIpc) is 3.57. The van der Waals surface area contributed by atoms with Crippen molar-refractivity contribution in [1.29, 1.82) is 10.5 Å². The Bertz CT molecular complexity index is 1350. The molecule has 1 aliphatic carbocycles. The number of hydrogen-bond acceptors (Lipinski definition) is 6. The van der Waals surface area contributed by atoms with Crippen LogP contribution in [-0.4, -0.2) is 19.5 Å². The van der Waals surface area contributed by atoms with Gasteiger partial charge in [0, 0.05) is 18.3 Å². The third kappa shape index (κ3) is 3.82. The molecule has 0 spiro atoms. The Morgan fingerprint density at radius 2 is 1.97 bits per heavy atom. The van der Waals surface area contributed by atoms with E-state index in [-0.39, 0.29) is 0 Å². The van der Waals surface area contributed by atoms with Crippen LogP contribution < -0.4 is 5.32 Å². The molecule has 7 heteroatoms. The molecule has 5 rings (SSSR count). The third-order valence-corrected chi connectivity index (χ3v) is 5.46. The van der Waals surface area contributed by atoms with Crippen molar-refractivity contribution in [3.63, 3.8) is 0 Å². The van der Waals surface area contributed by atoms with Gasteiger partial charge in [0.25, 0.3) is 0 Å². The summed E-state index contributed by atoms with van der Waals surface area (Å²) in [5.41, 5.74) is 5.43. The number of nitriles is 2. The van der Waals surface area contributed by atoms with E-state index in [0.29, 0.717) is 30.3 Å². The number of pyridine rings is 2. The molecule has 0 aliphatic heterocycles. The molecule has 3 aromatic heterocycles. The SMILES string of the molecule is N#CCCn1cnc2cc(-c3ccc(C4CC4)c(Nc4cc(C#N)ccn4)n3)ccc21. The summed E-state index contributed by atoms with van der Waals surface area (Å²) in [5, 5.41) is 21.3. The number of rotatable bonds is 6. The van der Waals surface area contributed by atoms with Gasteiger partial charge in [-0.1, -0.05) is 12.1 Å². The molecule has 150 valence electrons. The molecule has 0 bridgehead atoms. The van der Waals surface area contributed by atoms with Crippen LogP contribution >= 0.6 is 0 Å². The van der Waals surface area contributed by atoms with Crippen LogP contribution in [0.2, 0.25) is 0 Å². The molecule has 1 aliphatic rings. The molecule has 1 N–H and O–H groups in total. The van der Waals surface area contributed by atoms with Crippen LogP contribution in [0, 0.1) is 22.7 Å². The number of benzene rings is 1. The highest BCUT2D eigenvalue weighted by atomic mass is 15.1. The molecule has 0 atom stereocenters. The van der Waals surface area contributed by atoms with Crippen LogP contribution in [0.1, 0.15) is 36.3 Å². The highest BCUT2D eigenvalue weighted by Crippen LogP contribution is 2.44. The number of aromatic nitrogens is 4. The molecule has 0 unspecified atom stereocenters. The van der Waals surface area contributed by atoms with E-state index in [0.717, 1.165) is 41.0 Å². The first-order valence-corrected chi connectivity index (χ1v) is 10.2. The summed E-state index contributed by atoms with van der Waals surface area (Å²) in [6.07, 6.45) is 6.17. The van der Waals surface area contributed by atoms with E-state index in [1.54, 1.807) is 24.7 Å². The summed E-state index contributed by atoms with van der Waals surface area (Å²) in [5.74, 6) is 1.90. The second-order valence-electron chi connectivity index (χ2n) is 7.62. The van der Waals surface area contributed by atoms with Crippen LogP contribution in [-0.2, 0) is 6.54 Å². The summed E-state index contributed by atoms with van der Waals surface area (Å²) >= 11 is 0. The van der Waals surface area contributed by atoms with E-state index < -0.39 is 0 Å². The molecule has 31 heavy (non-hydrogen) atoms. The van der Waals surface area contributed by atoms with Gasteiger partial charge in [0.2, 0.25) is 0 Å². The van der Waals surface area contributed by atoms with Crippen LogP contribution in [0.5, 0.6) is 0 Å². The Labute approximate surface area is 179 Å². The van der Waals surface area contributed by atoms with Gasteiger partial charge in [-0.15, -0.1) is 0 Å². The van der Waals surface area contributed by atoms with Crippen molar-refractivity contribution in [3.8, 4) is 23.4 Å². The van der Waals surface area contributed by atoms with Crippen molar-refractivity contribution in [1.82, 2.24) is 19.5 Å². The van der Waals surface area contributed by atoms with Gasteiger partial charge in [-0.2, -0.15) is 10.5 Å². The molecular weight excluding hydrogens is 386 g/mol. The fourth-order valence-electron chi connectivity index (χ4n) is 3.72. The zero-order valence-corrected chi connectivity index (χ0v) is 16.8. The minimum atomic E-state index is 0.452. The minimum absolute atomic E-state index is 0.452. The van der Waals surface area contributed by atoms with Crippen LogP contribution in [0.4, 0.5) is 11.6 Å². The Morgan fingerprint density at radius 1 is 1.06 bits per heavy atom. The summed E-state index contributed by atoms with van der Waals surface area (Å²) in [4.78, 5) is 13.7. The maximum atomic E-state index is 9.17. The smallest absolute Gasteiger partial charge is 0.135 e. The van der Waals surface area contributed by atoms with Gasteiger partial charge in [-0.3, -0.25) is 0 Å². The van der Waals surface area contributed by atoms with E-state index in [2.05, 4.69) is 33.5 Å². The Kier molecular flexibility index (Phi) is 4.78. The normalized spacial score (nSPS) is 13.0. The predicted octanol–water partition coefficient (Wildman–Crippen LogP) is 4.90. The standard InChI is InChI=1S/C24H19N7/c25-9-1-11-31-15-28-21-13-18(4-7-22(21)31)20-6-5-19(17-2-3-17)24(29-20)30-23-12-16(14-26)8-10-27-23/h4-8,10,12-13,15,17H,1-3,11H2,(H,27,29,30). The number of fused-ring (bicyclic) bond motifs is 1. The van der Waals surface area contributed by atoms with E-state index in [9.17, 15) is 0 Å². The highest BCUT2D eigenvalue weighted by molar-refractivity contribution is 5.82. The van der Waals surface area contributed by atoms with Crippen LogP contribution in [0.15, 0.2) is 55.0 Å². The first-order valence-electron chi connectivity index (χ1n) is 10.2. The fraction of sp³-hybridized carbons (Fsp3) is 0.208. The fourth-order valence-corrected chi connectivity index (χ4v) is 3.72. The summed E-state index contributed by atoms with van der Waals surface area (Å²) in [6, 6.07) is 18.0. The van der Waals surface area contributed by atoms with Crippen molar-refractivity contribution < 1.29 is 0 Å². The van der Waals surface area contributed by atoms with Gasteiger partial charge in [-0.25, -0.2) is 15.0 Å². The zero-order valence-electron chi connectivity index (χ0n) is 16.8. The van der Waals surface area contributed by atoms with Gasteiger partial charge in [-0.05, 0) is 54.7 Å². The minimum Gasteiger partial charge on any atom is -0.330 e. The lowest BCUT2D eigenvalue weighted by molar-refractivity contribution is 0.736. The van der Waals surface area contributed by atoms with Crippen molar-refractivity contribution in [2.24, 2.45) is 0 Å². The lowest BCUT2D eigenvalue weighted by Gasteiger charge is -2.12. The molecule has 1 fully saturated rings. The van der Waals surface area contributed by atoms with E-state index in [1.165, 1.54) is 5.56 Å². The highest BCUT2D eigenvalue weighted by Gasteiger charge is 2.27. The number of aryl methyl sites for hydroxylation is 1. The summed E-state index contributed by atoms with van der Waals surface area (Å²) in [6.45, 7) is 0.628. The number of nitrogens with zero attached hydrogens (tertiary/aromatic N) is 6. The zero-order chi connectivity index (χ0) is 21.2. The van der Waals surface area contributed by atoms with Crippen molar-refractivity contribution in [3.05, 3.63) is 66.1 Å². The maximum absolute atomic E-state index is 9.17. The van der Waals surface area contributed by atoms with Gasteiger partial charge in [0.05, 0.1) is 47.2 Å². The number of anilines is 2. The second-order valence-corrected chi connectivity index (χ2v) is 7.62. The van der Waals surface area contributed by atoms with Gasteiger partial charge in [0.15, 0.2) is 0 Å². The molecule has 4 aromatic rings. The molecule has 0 saturated heterocycles. The molecule has 3 heterocycles. The van der Waals surface area contributed by atoms with Gasteiger partial charge in [0.1, 0.15) is 11.6 Å². The van der Waals surface area contributed by atoms with Crippen molar-refractivity contribution in [2.45, 2.75) is 31.7 Å². The Balaban J connectivity index is 1.50. The van der Waals surface area contributed by atoms with E-state index in [4.69, 9.17) is 15.5 Å². The average molecular weight is 405 g/mol. The van der Waals surface area contributed by atoms with Crippen molar-refractivity contribution >= 4 is 22.7 Å². The molecule has 1 saturated carbocycles. The topological polar surface area (TPSA) is 103 Å². The number of imidazole rings is 1. The van der Waals surface area contributed by atoms with Crippen LogP contribution in [0.3, 0.4) is 0 Å². The molecule has 0 amide bonds. The quantitative estimate of drug-likeness (QED) is 0.489. The number of nitrogens with one attached hydrogen (secondary N) is 1. The largest absolute Gasteiger partial charge is 0.330 e.